The fourth-order valence-electron chi connectivity index (χ4n) is 3.41. The lowest BCUT2D eigenvalue weighted by Gasteiger charge is -2.30. The first-order valence-electron chi connectivity index (χ1n) is 10.7. The maximum Gasteiger partial charge on any atom is 0.562 e. The van der Waals surface area contributed by atoms with Crippen molar-refractivity contribution in [2.75, 3.05) is 13.2 Å². The molecule has 0 heterocycles. The minimum atomic E-state index is -2.82. The van der Waals surface area contributed by atoms with Crippen molar-refractivity contribution in [3.63, 3.8) is 0 Å². The molecule has 0 aromatic carbocycles. The van der Waals surface area contributed by atoms with Gasteiger partial charge >= 0.3 is 14.9 Å². The first-order chi connectivity index (χ1) is 13.1. The van der Waals surface area contributed by atoms with Crippen LogP contribution >= 0.6 is 0 Å². The fraction of sp³-hybridized carbons (Fsp3) is 0.857. The number of ether oxygens (including phenoxy) is 1. The molecule has 0 aliphatic heterocycles. The molecule has 6 nitrogen and oxygen atoms in total. The number of hydrogen-bond donors (Lipinski definition) is 1. The SMILES string of the molecule is CCO[Si](C)(OCC)O/C(=C\CC1CCCCC1)[C@H](C)NC(=O)OC(C)(C)C. The Hall–Kier alpha value is -1.05. The summed E-state index contributed by atoms with van der Waals surface area (Å²) in [5.41, 5.74) is -0.545. The van der Waals surface area contributed by atoms with E-state index in [4.69, 9.17) is 18.0 Å². The minimum Gasteiger partial charge on any atom is -0.503 e. The molecule has 0 radical (unpaired) electrons. The summed E-state index contributed by atoms with van der Waals surface area (Å²) in [6.07, 6.45) is 9.03. The van der Waals surface area contributed by atoms with Crippen molar-refractivity contribution in [2.45, 2.75) is 98.3 Å². The third kappa shape index (κ3) is 9.93. The molecule has 164 valence electrons. The average molecular weight is 416 g/mol. The van der Waals surface area contributed by atoms with Crippen LogP contribution in [0.5, 0.6) is 0 Å². The van der Waals surface area contributed by atoms with Crippen LogP contribution in [-0.2, 0) is 18.0 Å². The Morgan fingerprint density at radius 3 is 2.21 bits per heavy atom. The van der Waals surface area contributed by atoms with Crippen LogP contribution in [0.2, 0.25) is 6.55 Å². The van der Waals surface area contributed by atoms with Gasteiger partial charge in [-0.3, -0.25) is 0 Å². The summed E-state index contributed by atoms with van der Waals surface area (Å²) in [5.74, 6) is 1.38. The van der Waals surface area contributed by atoms with E-state index in [0.29, 0.717) is 24.9 Å². The highest BCUT2D eigenvalue weighted by molar-refractivity contribution is 6.59. The molecule has 1 fully saturated rings. The molecule has 0 spiro atoms. The number of amides is 1. The third-order valence-corrected chi connectivity index (χ3v) is 6.89. The molecule has 1 rings (SSSR count). The number of allylic oxidation sites excluding steroid dienone is 1. The van der Waals surface area contributed by atoms with Gasteiger partial charge in [0.15, 0.2) is 0 Å². The number of nitrogens with one attached hydrogen (secondary N) is 1. The Morgan fingerprint density at radius 2 is 1.71 bits per heavy atom. The van der Waals surface area contributed by atoms with Crippen LogP contribution in [0.4, 0.5) is 4.79 Å². The molecule has 1 atom stereocenters. The molecular formula is C21H41NO5Si. The predicted molar refractivity (Wildman–Crippen MR) is 114 cm³/mol. The molecule has 0 saturated heterocycles. The first kappa shape index (κ1) is 25.0. The van der Waals surface area contributed by atoms with Crippen molar-refractivity contribution in [3.05, 3.63) is 11.8 Å². The van der Waals surface area contributed by atoms with Crippen LogP contribution in [0.25, 0.3) is 0 Å². The first-order valence-corrected chi connectivity index (χ1v) is 13.0. The summed E-state index contributed by atoms with van der Waals surface area (Å²) in [6.45, 7) is 14.3. The van der Waals surface area contributed by atoms with Gasteiger partial charge in [-0.25, -0.2) is 4.79 Å². The highest BCUT2D eigenvalue weighted by atomic mass is 28.4. The molecule has 1 amide bonds. The smallest absolute Gasteiger partial charge is 0.503 e. The van der Waals surface area contributed by atoms with Crippen molar-refractivity contribution in [2.24, 2.45) is 5.92 Å². The van der Waals surface area contributed by atoms with E-state index in [-0.39, 0.29) is 6.04 Å². The summed E-state index contributed by atoms with van der Waals surface area (Å²) in [4.78, 5) is 12.2. The van der Waals surface area contributed by atoms with E-state index in [0.717, 1.165) is 6.42 Å². The van der Waals surface area contributed by atoms with E-state index in [9.17, 15) is 4.79 Å². The van der Waals surface area contributed by atoms with Gasteiger partial charge in [0.25, 0.3) is 0 Å². The minimum absolute atomic E-state index is 0.328. The van der Waals surface area contributed by atoms with Gasteiger partial charge in [-0.05, 0) is 60.0 Å². The molecule has 0 unspecified atom stereocenters. The van der Waals surface area contributed by atoms with E-state index < -0.39 is 20.5 Å². The summed E-state index contributed by atoms with van der Waals surface area (Å²) in [7, 11) is -2.82. The Kier molecular flexibility index (Phi) is 10.6. The molecule has 0 aromatic rings. The van der Waals surface area contributed by atoms with Gasteiger partial charge < -0.3 is 23.3 Å². The number of carbonyl (C=O) groups is 1. The molecule has 1 N–H and O–H groups in total. The maximum absolute atomic E-state index is 12.2. The van der Waals surface area contributed by atoms with Crippen molar-refractivity contribution in [1.29, 1.82) is 0 Å². The lowest BCUT2D eigenvalue weighted by molar-refractivity contribution is 0.0487. The molecule has 1 aliphatic rings. The van der Waals surface area contributed by atoms with Crippen LogP contribution in [0.15, 0.2) is 11.8 Å². The molecule has 0 aromatic heterocycles. The van der Waals surface area contributed by atoms with Crippen LogP contribution < -0.4 is 5.32 Å². The maximum atomic E-state index is 12.2. The third-order valence-electron chi connectivity index (χ3n) is 4.65. The van der Waals surface area contributed by atoms with Gasteiger partial charge in [0, 0.05) is 19.8 Å². The fourth-order valence-corrected chi connectivity index (χ4v) is 5.35. The van der Waals surface area contributed by atoms with E-state index >= 15 is 0 Å². The van der Waals surface area contributed by atoms with Gasteiger partial charge in [0.2, 0.25) is 0 Å². The highest BCUT2D eigenvalue weighted by Gasteiger charge is 2.38. The predicted octanol–water partition coefficient (Wildman–Crippen LogP) is 5.41. The molecule has 1 saturated carbocycles. The van der Waals surface area contributed by atoms with Crippen molar-refractivity contribution < 1.29 is 22.8 Å². The Morgan fingerprint density at radius 1 is 1.14 bits per heavy atom. The largest absolute Gasteiger partial charge is 0.562 e. The van der Waals surface area contributed by atoms with Crippen LogP contribution in [0.1, 0.15) is 80.1 Å². The van der Waals surface area contributed by atoms with Gasteiger partial charge in [-0.2, -0.15) is 0 Å². The number of alkyl carbamates (subject to hydrolysis) is 1. The van der Waals surface area contributed by atoms with Gasteiger partial charge in [0.1, 0.15) is 11.4 Å². The highest BCUT2D eigenvalue weighted by Crippen LogP contribution is 2.28. The van der Waals surface area contributed by atoms with Crippen LogP contribution in [0, 0.1) is 5.92 Å². The van der Waals surface area contributed by atoms with Crippen molar-refractivity contribution in [3.8, 4) is 0 Å². The lowest BCUT2D eigenvalue weighted by Crippen LogP contribution is -2.46. The van der Waals surface area contributed by atoms with E-state index in [2.05, 4.69) is 11.4 Å². The molecule has 28 heavy (non-hydrogen) atoms. The second-order valence-electron chi connectivity index (χ2n) is 8.54. The summed E-state index contributed by atoms with van der Waals surface area (Å²) >= 11 is 0. The Balaban J connectivity index is 2.89. The number of rotatable bonds is 10. The Bertz CT molecular complexity index is 492. The second-order valence-corrected chi connectivity index (χ2v) is 11.1. The zero-order chi connectivity index (χ0) is 21.2. The van der Waals surface area contributed by atoms with E-state index in [1.54, 1.807) is 0 Å². The van der Waals surface area contributed by atoms with Gasteiger partial charge in [-0.15, -0.1) is 0 Å². The van der Waals surface area contributed by atoms with E-state index in [1.165, 1.54) is 32.1 Å². The molecule has 0 bridgehead atoms. The van der Waals surface area contributed by atoms with Crippen LogP contribution in [-0.4, -0.2) is 39.8 Å². The molecule has 1 aliphatic carbocycles. The quantitative estimate of drug-likeness (QED) is 0.381. The topological polar surface area (TPSA) is 66.0 Å². The standard InChI is InChI=1S/C21H41NO5Si/c1-8-24-28(7,25-9-2)27-19(16-15-18-13-11-10-12-14-18)17(3)22-20(23)26-21(4,5)6/h16-18H,8-15H2,1-7H3,(H,22,23)/b19-16-/t17-/m0/s1. The molecule has 7 heteroatoms. The van der Waals surface area contributed by atoms with Crippen molar-refractivity contribution >= 4 is 14.9 Å². The lowest BCUT2D eigenvalue weighted by atomic mass is 9.87. The number of carbonyl (C=O) groups excluding carboxylic acids is 1. The van der Waals surface area contributed by atoms with Gasteiger partial charge in [-0.1, -0.05) is 32.1 Å². The average Bonchev–Trinajstić information content (AvgIpc) is 2.58. The second kappa shape index (κ2) is 11.8. The summed E-state index contributed by atoms with van der Waals surface area (Å²) < 4.78 is 23.4. The van der Waals surface area contributed by atoms with Crippen molar-refractivity contribution in [1.82, 2.24) is 5.32 Å². The monoisotopic (exact) mass is 415 g/mol. The van der Waals surface area contributed by atoms with Gasteiger partial charge in [0.05, 0.1) is 6.04 Å². The zero-order valence-corrected chi connectivity index (χ0v) is 19.9. The molecular weight excluding hydrogens is 374 g/mol. The summed E-state index contributed by atoms with van der Waals surface area (Å²) in [5, 5.41) is 2.89. The Labute approximate surface area is 172 Å². The van der Waals surface area contributed by atoms with Crippen LogP contribution in [0.3, 0.4) is 0 Å². The number of hydrogen-bond acceptors (Lipinski definition) is 5. The normalized spacial score (nSPS) is 17.9. The zero-order valence-electron chi connectivity index (χ0n) is 18.9. The van der Waals surface area contributed by atoms with E-state index in [1.807, 2.05) is 48.1 Å². The summed E-state index contributed by atoms with van der Waals surface area (Å²) in [6, 6.07) is -0.328.